The predicted molar refractivity (Wildman–Crippen MR) is 152 cm³/mol. The smallest absolute Gasteiger partial charge is 0.200 e. The second kappa shape index (κ2) is 13.0. The van der Waals surface area contributed by atoms with Crippen LogP contribution in [-0.4, -0.2) is 0 Å². The minimum atomic E-state index is -0.872. The SMILES string of the molecule is CCCc1ccc(OCc2ccc(C3CCC4CC(C5CCC(CCC)CC5)CCC4C3)cc2)c(F)c1F. The highest BCUT2D eigenvalue weighted by molar-refractivity contribution is 5.32. The first-order chi connectivity index (χ1) is 18.6. The van der Waals surface area contributed by atoms with Crippen molar-refractivity contribution in [1.82, 2.24) is 0 Å². The lowest BCUT2D eigenvalue weighted by molar-refractivity contribution is 0.0712. The van der Waals surface area contributed by atoms with E-state index in [0.717, 1.165) is 41.6 Å². The Balaban J connectivity index is 1.10. The van der Waals surface area contributed by atoms with Crippen molar-refractivity contribution in [1.29, 1.82) is 0 Å². The standard InChI is InChI=1S/C35H48F2O/c1-3-5-24-7-11-26(12-8-24)29-15-17-32-22-30(16-18-31(32)21-29)27-13-9-25(10-14-27)23-38-33-20-19-28(6-4-2)34(36)35(33)37/h9-10,13-14,19-20,24,26,29-32H,3-8,11-12,15-18,21-23H2,1-2H3. The van der Waals surface area contributed by atoms with E-state index in [-0.39, 0.29) is 12.4 Å². The van der Waals surface area contributed by atoms with Gasteiger partial charge in [-0.3, -0.25) is 0 Å². The van der Waals surface area contributed by atoms with Gasteiger partial charge in [-0.1, -0.05) is 76.3 Å². The van der Waals surface area contributed by atoms with Gasteiger partial charge in [-0.15, -0.1) is 0 Å². The van der Waals surface area contributed by atoms with Crippen LogP contribution in [0, 0.1) is 41.2 Å². The summed E-state index contributed by atoms with van der Waals surface area (Å²) in [5.41, 5.74) is 2.85. The molecule has 0 aliphatic heterocycles. The lowest BCUT2D eigenvalue weighted by Crippen LogP contribution is -2.34. The third-order valence-electron chi connectivity index (χ3n) is 10.4. The summed E-state index contributed by atoms with van der Waals surface area (Å²) in [5, 5.41) is 0. The molecule has 208 valence electrons. The molecule has 2 aromatic rings. The van der Waals surface area contributed by atoms with Gasteiger partial charge in [-0.05, 0) is 116 Å². The summed E-state index contributed by atoms with van der Waals surface area (Å²) in [6, 6.07) is 11.9. The van der Waals surface area contributed by atoms with E-state index in [1.807, 2.05) is 6.92 Å². The van der Waals surface area contributed by atoms with Crippen molar-refractivity contribution in [2.75, 3.05) is 0 Å². The van der Waals surface area contributed by atoms with E-state index in [4.69, 9.17) is 4.74 Å². The topological polar surface area (TPSA) is 9.23 Å². The second-order valence-corrected chi connectivity index (χ2v) is 12.8. The first-order valence-corrected chi connectivity index (χ1v) is 15.7. The van der Waals surface area contributed by atoms with E-state index in [2.05, 4.69) is 31.2 Å². The Kier molecular flexibility index (Phi) is 9.44. The number of benzene rings is 2. The molecule has 0 bridgehead atoms. The molecular formula is C35H48F2O. The van der Waals surface area contributed by atoms with E-state index >= 15 is 0 Å². The number of rotatable bonds is 9. The van der Waals surface area contributed by atoms with Crippen LogP contribution in [0.25, 0.3) is 0 Å². The van der Waals surface area contributed by atoms with E-state index in [9.17, 15) is 8.78 Å². The monoisotopic (exact) mass is 522 g/mol. The van der Waals surface area contributed by atoms with Crippen LogP contribution in [0.3, 0.4) is 0 Å². The Hall–Kier alpha value is -1.90. The van der Waals surface area contributed by atoms with Crippen LogP contribution in [0.1, 0.15) is 120 Å². The van der Waals surface area contributed by atoms with Crippen LogP contribution in [0.15, 0.2) is 36.4 Å². The third-order valence-corrected chi connectivity index (χ3v) is 10.4. The Morgan fingerprint density at radius 2 is 1.34 bits per heavy atom. The van der Waals surface area contributed by atoms with Gasteiger partial charge in [-0.25, -0.2) is 4.39 Å². The zero-order chi connectivity index (χ0) is 26.5. The maximum atomic E-state index is 14.4. The van der Waals surface area contributed by atoms with Crippen LogP contribution in [0.2, 0.25) is 0 Å². The van der Waals surface area contributed by atoms with Gasteiger partial charge in [0.05, 0.1) is 0 Å². The van der Waals surface area contributed by atoms with Gasteiger partial charge in [0.15, 0.2) is 11.6 Å². The second-order valence-electron chi connectivity index (χ2n) is 12.8. The third kappa shape index (κ3) is 6.45. The lowest BCUT2D eigenvalue weighted by atomic mass is 9.60. The normalized spacial score (nSPS) is 29.6. The molecule has 2 aromatic carbocycles. The number of ether oxygens (including phenoxy) is 1. The van der Waals surface area contributed by atoms with Crippen molar-refractivity contribution in [3.8, 4) is 5.75 Å². The maximum absolute atomic E-state index is 14.4. The predicted octanol–water partition coefficient (Wildman–Crippen LogP) is 10.4. The molecule has 3 saturated carbocycles. The average Bonchev–Trinajstić information content (AvgIpc) is 2.95. The Bertz CT molecular complexity index is 1020. The fraction of sp³-hybridized carbons (Fsp3) is 0.657. The highest BCUT2D eigenvalue weighted by Crippen LogP contribution is 2.51. The summed E-state index contributed by atoms with van der Waals surface area (Å²) in [6.07, 6.45) is 18.5. The summed E-state index contributed by atoms with van der Waals surface area (Å²) in [6.45, 7) is 4.55. The molecule has 0 heterocycles. The van der Waals surface area contributed by atoms with Crippen LogP contribution in [0.4, 0.5) is 8.78 Å². The first kappa shape index (κ1) is 27.7. The van der Waals surface area contributed by atoms with Gasteiger partial charge in [0.2, 0.25) is 5.82 Å². The molecule has 3 aliphatic carbocycles. The van der Waals surface area contributed by atoms with E-state index < -0.39 is 11.6 Å². The van der Waals surface area contributed by atoms with E-state index in [1.54, 1.807) is 12.1 Å². The fourth-order valence-corrected chi connectivity index (χ4v) is 8.21. The Morgan fingerprint density at radius 3 is 2.05 bits per heavy atom. The minimum absolute atomic E-state index is 0.00522. The van der Waals surface area contributed by atoms with Crippen LogP contribution >= 0.6 is 0 Å². The van der Waals surface area contributed by atoms with Crippen molar-refractivity contribution >= 4 is 0 Å². The molecular weight excluding hydrogens is 474 g/mol. The minimum Gasteiger partial charge on any atom is -0.486 e. The molecule has 0 aromatic heterocycles. The van der Waals surface area contributed by atoms with Gasteiger partial charge in [0.1, 0.15) is 6.61 Å². The number of hydrogen-bond donors (Lipinski definition) is 0. The molecule has 38 heavy (non-hydrogen) atoms. The lowest BCUT2D eigenvalue weighted by Gasteiger charge is -2.45. The van der Waals surface area contributed by atoms with Crippen LogP contribution < -0.4 is 4.74 Å². The van der Waals surface area contributed by atoms with Crippen molar-refractivity contribution in [3.05, 3.63) is 64.7 Å². The van der Waals surface area contributed by atoms with Crippen LogP contribution in [0.5, 0.6) is 5.75 Å². The van der Waals surface area contributed by atoms with Crippen molar-refractivity contribution in [3.63, 3.8) is 0 Å². The van der Waals surface area contributed by atoms with Crippen molar-refractivity contribution in [2.45, 2.75) is 116 Å². The summed E-state index contributed by atoms with van der Waals surface area (Å²) in [4.78, 5) is 0. The van der Waals surface area contributed by atoms with E-state index in [0.29, 0.717) is 17.9 Å². The summed E-state index contributed by atoms with van der Waals surface area (Å²) in [7, 11) is 0. The number of hydrogen-bond acceptors (Lipinski definition) is 1. The quantitative estimate of drug-likeness (QED) is 0.318. The molecule has 0 radical (unpaired) electrons. The molecule has 3 aliphatic rings. The van der Waals surface area contributed by atoms with Gasteiger partial charge in [0, 0.05) is 0 Å². The molecule has 5 rings (SSSR count). The van der Waals surface area contributed by atoms with Crippen LogP contribution in [-0.2, 0) is 13.0 Å². The van der Waals surface area contributed by atoms with Gasteiger partial charge >= 0.3 is 0 Å². The number of halogens is 2. The van der Waals surface area contributed by atoms with Crippen molar-refractivity contribution in [2.24, 2.45) is 29.6 Å². The molecule has 1 nitrogen and oxygen atoms in total. The van der Waals surface area contributed by atoms with Gasteiger partial charge < -0.3 is 4.74 Å². The Labute approximate surface area is 229 Å². The average molecular weight is 523 g/mol. The molecule has 4 unspecified atom stereocenters. The summed E-state index contributed by atoms with van der Waals surface area (Å²) >= 11 is 0. The molecule has 0 N–H and O–H groups in total. The fourth-order valence-electron chi connectivity index (χ4n) is 8.21. The molecule has 0 saturated heterocycles. The largest absolute Gasteiger partial charge is 0.486 e. The highest BCUT2D eigenvalue weighted by Gasteiger charge is 2.39. The molecule has 0 amide bonds. The molecule has 4 atom stereocenters. The number of fused-ring (bicyclic) bond motifs is 1. The Morgan fingerprint density at radius 1 is 0.684 bits per heavy atom. The van der Waals surface area contributed by atoms with Gasteiger partial charge in [0.25, 0.3) is 0 Å². The zero-order valence-electron chi connectivity index (χ0n) is 23.7. The highest BCUT2D eigenvalue weighted by atomic mass is 19.2. The van der Waals surface area contributed by atoms with Crippen molar-refractivity contribution < 1.29 is 13.5 Å². The molecule has 3 heteroatoms. The molecule has 3 fully saturated rings. The van der Waals surface area contributed by atoms with Gasteiger partial charge in [-0.2, -0.15) is 4.39 Å². The molecule has 0 spiro atoms. The van der Waals surface area contributed by atoms with E-state index in [1.165, 1.54) is 82.6 Å². The summed E-state index contributed by atoms with van der Waals surface area (Å²) in [5.74, 6) is 3.88. The summed E-state index contributed by atoms with van der Waals surface area (Å²) < 4.78 is 34.3. The number of aryl methyl sites for hydroxylation is 1. The maximum Gasteiger partial charge on any atom is 0.200 e. The first-order valence-electron chi connectivity index (χ1n) is 15.7. The zero-order valence-corrected chi connectivity index (χ0v) is 23.7.